The minimum atomic E-state index is -1.01. The maximum atomic E-state index is 17.2. The summed E-state index contributed by atoms with van der Waals surface area (Å²) in [6.07, 6.45) is 1.48. The standard InChI is InChI=1S/C35H31ClF4N10O2S/c1-17-12-49(33(51)50-16-43-31(40)46-50)35(17)6-8-47(14-35)30-20-9-22(36)25(19-3-4-23(38)28-24(19)21(11-41)29(42)53-28)26(39)27(20)44-32(45-30)52-15-34-5-2-7-48(34)13-18(37)10-34/h3-4,9,16-18H,2,5-8,10,12-15,42H2,1H3/t17-,18+,34-,35-/m0/s1. The number of amides is 1. The van der Waals surface area contributed by atoms with E-state index >= 15 is 4.39 Å². The third kappa shape index (κ3) is 5.05. The molecule has 12 nitrogen and oxygen atoms in total. The van der Waals surface area contributed by atoms with Crippen molar-refractivity contribution in [3.05, 3.63) is 52.8 Å². The smallest absolute Gasteiger partial charge is 0.346 e. The maximum absolute atomic E-state index is 17.2. The molecule has 53 heavy (non-hydrogen) atoms. The van der Waals surface area contributed by atoms with Crippen molar-refractivity contribution in [1.29, 1.82) is 5.26 Å². The van der Waals surface area contributed by atoms with Crippen molar-refractivity contribution in [1.82, 2.24) is 34.5 Å². The van der Waals surface area contributed by atoms with E-state index < -0.39 is 41.0 Å². The summed E-state index contributed by atoms with van der Waals surface area (Å²) in [7, 11) is 0. The second-order valence-corrected chi connectivity index (χ2v) is 15.9. The molecule has 1 spiro atoms. The van der Waals surface area contributed by atoms with E-state index in [1.54, 1.807) is 4.90 Å². The lowest BCUT2D eigenvalue weighted by Crippen LogP contribution is -2.70. The Bertz CT molecular complexity index is 2400. The molecule has 0 radical (unpaired) electrons. The Kier molecular flexibility index (Phi) is 7.78. The first-order chi connectivity index (χ1) is 25.4. The Morgan fingerprint density at radius 2 is 2.04 bits per heavy atom. The number of nitrogens with zero attached hydrogens (tertiary/aromatic N) is 9. The van der Waals surface area contributed by atoms with Gasteiger partial charge in [0, 0.05) is 48.9 Å². The number of fused-ring (bicyclic) bond motifs is 3. The van der Waals surface area contributed by atoms with Crippen LogP contribution in [0.25, 0.3) is 32.1 Å². The van der Waals surface area contributed by atoms with Crippen LogP contribution < -0.4 is 15.4 Å². The predicted octanol–water partition coefficient (Wildman–Crippen LogP) is 6.15. The number of rotatable bonds is 5. The van der Waals surface area contributed by atoms with Crippen molar-refractivity contribution in [3.8, 4) is 23.2 Å². The van der Waals surface area contributed by atoms with Crippen LogP contribution in [0.1, 0.15) is 38.2 Å². The predicted molar refractivity (Wildman–Crippen MR) is 189 cm³/mol. The zero-order valence-corrected chi connectivity index (χ0v) is 29.8. The van der Waals surface area contributed by atoms with Crippen LogP contribution in [0.15, 0.2) is 24.5 Å². The van der Waals surface area contributed by atoms with Gasteiger partial charge in [-0.05, 0) is 49.4 Å². The largest absolute Gasteiger partial charge is 0.461 e. The van der Waals surface area contributed by atoms with Gasteiger partial charge in [0.25, 0.3) is 0 Å². The molecular weight excluding hydrogens is 736 g/mol. The lowest BCUT2D eigenvalue weighted by Gasteiger charge is -2.55. The quantitative estimate of drug-likeness (QED) is 0.207. The molecule has 5 aromatic rings. The summed E-state index contributed by atoms with van der Waals surface area (Å²) in [5, 5.41) is 13.9. The van der Waals surface area contributed by atoms with Crippen LogP contribution in [0, 0.1) is 35.0 Å². The van der Waals surface area contributed by atoms with Crippen molar-refractivity contribution in [2.24, 2.45) is 5.92 Å². The number of aromatic nitrogens is 5. The van der Waals surface area contributed by atoms with Gasteiger partial charge in [0.1, 0.15) is 47.3 Å². The highest BCUT2D eigenvalue weighted by atomic mass is 35.5. The van der Waals surface area contributed by atoms with Gasteiger partial charge in [-0.3, -0.25) is 4.90 Å². The summed E-state index contributed by atoms with van der Waals surface area (Å²) in [6.45, 7) is 4.30. The Balaban J connectivity index is 1.16. The highest BCUT2D eigenvalue weighted by Crippen LogP contribution is 2.49. The summed E-state index contributed by atoms with van der Waals surface area (Å²) in [4.78, 5) is 31.9. The fraction of sp³-hybridized carbons (Fsp3) is 0.429. The number of nitrogen functional groups attached to an aromatic ring is 1. The fourth-order valence-electron chi connectivity index (χ4n) is 9.00. The van der Waals surface area contributed by atoms with Crippen molar-refractivity contribution in [3.63, 3.8) is 0 Å². The number of ether oxygens (including phenoxy) is 1. The number of hydrogen-bond acceptors (Lipinski definition) is 11. The van der Waals surface area contributed by atoms with Crippen LogP contribution >= 0.6 is 22.9 Å². The van der Waals surface area contributed by atoms with Crippen molar-refractivity contribution in [2.75, 3.05) is 50.0 Å². The van der Waals surface area contributed by atoms with Crippen LogP contribution in [0.3, 0.4) is 0 Å². The van der Waals surface area contributed by atoms with Gasteiger partial charge in [-0.25, -0.2) is 18.0 Å². The first-order valence-corrected chi connectivity index (χ1v) is 18.4. The van der Waals surface area contributed by atoms with Crippen molar-refractivity contribution < 1.29 is 27.1 Å². The molecule has 4 saturated heterocycles. The lowest BCUT2D eigenvalue weighted by atomic mass is 9.74. The number of benzene rings is 2. The summed E-state index contributed by atoms with van der Waals surface area (Å²) < 4.78 is 67.6. The Morgan fingerprint density at radius 1 is 1.21 bits per heavy atom. The molecule has 0 unspecified atom stereocenters. The molecule has 0 saturated carbocycles. The number of nitrogens with two attached hydrogens (primary N) is 1. The van der Waals surface area contributed by atoms with Crippen LogP contribution in [-0.2, 0) is 0 Å². The number of hydrogen-bond donors (Lipinski definition) is 1. The average Bonchev–Trinajstić information content (AvgIpc) is 3.96. The second kappa shape index (κ2) is 12.1. The highest BCUT2D eigenvalue weighted by Gasteiger charge is 2.57. The minimum absolute atomic E-state index is 0.00952. The van der Waals surface area contributed by atoms with Crippen LogP contribution in [-0.4, -0.2) is 97.1 Å². The molecular formula is C35H31ClF4N10O2S. The molecule has 7 heterocycles. The molecule has 4 atom stereocenters. The number of thiophene rings is 1. The van der Waals surface area contributed by atoms with E-state index in [2.05, 4.69) is 20.0 Å². The van der Waals surface area contributed by atoms with Gasteiger partial charge in [-0.2, -0.15) is 29.3 Å². The van der Waals surface area contributed by atoms with Crippen LogP contribution in [0.4, 0.5) is 33.2 Å². The van der Waals surface area contributed by atoms with E-state index in [1.165, 1.54) is 18.2 Å². The van der Waals surface area contributed by atoms with Crippen LogP contribution in [0.2, 0.25) is 5.02 Å². The van der Waals surface area contributed by atoms with E-state index in [0.29, 0.717) is 44.8 Å². The van der Waals surface area contributed by atoms with Gasteiger partial charge in [0.15, 0.2) is 5.82 Å². The molecule has 1 amide bonds. The maximum Gasteiger partial charge on any atom is 0.346 e. The zero-order chi connectivity index (χ0) is 37.0. The Morgan fingerprint density at radius 3 is 2.79 bits per heavy atom. The van der Waals surface area contributed by atoms with Gasteiger partial charge in [-0.15, -0.1) is 16.4 Å². The molecule has 2 N–H and O–H groups in total. The molecule has 4 aliphatic rings. The van der Waals surface area contributed by atoms with E-state index in [4.69, 9.17) is 27.1 Å². The zero-order valence-electron chi connectivity index (χ0n) is 28.3. The molecule has 0 bridgehead atoms. The molecule has 2 aromatic carbocycles. The number of nitriles is 1. The van der Waals surface area contributed by atoms with Crippen molar-refractivity contribution in [2.45, 2.75) is 49.9 Å². The Hall–Kier alpha value is -4.79. The molecule has 3 aromatic heterocycles. The first kappa shape index (κ1) is 34.0. The number of carbonyl (C=O) groups is 1. The number of halogens is 5. The van der Waals surface area contributed by atoms with Crippen LogP contribution in [0.5, 0.6) is 6.01 Å². The fourth-order valence-corrected chi connectivity index (χ4v) is 10.2. The van der Waals surface area contributed by atoms with E-state index in [0.717, 1.165) is 41.7 Å². The first-order valence-electron chi connectivity index (χ1n) is 17.2. The van der Waals surface area contributed by atoms with E-state index in [9.17, 15) is 23.2 Å². The lowest BCUT2D eigenvalue weighted by molar-refractivity contribution is -0.0202. The highest BCUT2D eigenvalue weighted by molar-refractivity contribution is 7.23. The van der Waals surface area contributed by atoms with Crippen molar-refractivity contribution >= 4 is 60.8 Å². The monoisotopic (exact) mass is 766 g/mol. The third-order valence-corrected chi connectivity index (χ3v) is 13.0. The van der Waals surface area contributed by atoms with E-state index in [-0.39, 0.29) is 66.2 Å². The average molecular weight is 767 g/mol. The molecule has 18 heteroatoms. The number of carbonyl (C=O) groups excluding carboxylic acids is 1. The van der Waals surface area contributed by atoms with Gasteiger partial charge >= 0.3 is 18.1 Å². The Labute approximate surface area is 308 Å². The molecule has 0 aliphatic carbocycles. The summed E-state index contributed by atoms with van der Waals surface area (Å²) in [6, 6.07) is 5.43. The molecule has 9 rings (SSSR count). The van der Waals surface area contributed by atoms with Gasteiger partial charge in [0.2, 0.25) is 0 Å². The third-order valence-electron chi connectivity index (χ3n) is 11.7. The van der Waals surface area contributed by atoms with Gasteiger partial charge in [0.05, 0.1) is 26.4 Å². The van der Waals surface area contributed by atoms with E-state index in [1.807, 2.05) is 17.9 Å². The number of anilines is 2. The van der Waals surface area contributed by atoms with Gasteiger partial charge < -0.3 is 20.3 Å². The van der Waals surface area contributed by atoms with Gasteiger partial charge in [-0.1, -0.05) is 24.6 Å². The summed E-state index contributed by atoms with van der Waals surface area (Å²) in [5.41, 5.74) is 4.82. The normalized spacial score (nSPS) is 25.5. The topological polar surface area (TPSA) is 142 Å². The molecule has 274 valence electrons. The number of likely N-dealkylation sites (tertiary alicyclic amines) is 1. The SMILES string of the molecule is C[C@H]1CN(C(=O)n2cnc(F)n2)[C@]12CCN(c1nc(OC[C@@]34CCCN3C[C@H](F)C4)nc3c(F)c(-c4ccc(F)c5sc(N)c(C#N)c45)c(Cl)cc13)C2. The summed E-state index contributed by atoms with van der Waals surface area (Å²) >= 11 is 7.77. The number of alkyl halides is 1. The molecule has 4 fully saturated rings. The molecule has 4 aliphatic heterocycles. The second-order valence-electron chi connectivity index (χ2n) is 14.4. The summed E-state index contributed by atoms with van der Waals surface area (Å²) in [5.74, 6) is -1.09. The minimum Gasteiger partial charge on any atom is -0.461 e.